The molecule has 1 amide bonds. The number of likely N-dealkylation sites (N-methyl/N-ethyl adjacent to an activating group) is 1. The highest BCUT2D eigenvalue weighted by Crippen LogP contribution is 2.19. The van der Waals surface area contributed by atoms with Crippen molar-refractivity contribution in [1.29, 1.82) is 0 Å². The first kappa shape index (κ1) is 15.8. The Morgan fingerprint density at radius 2 is 2.05 bits per heavy atom. The maximum atomic E-state index is 11.6. The summed E-state index contributed by atoms with van der Waals surface area (Å²) in [5.74, 6) is 0. The summed E-state index contributed by atoms with van der Waals surface area (Å²) in [6, 6.07) is 5.36. The Morgan fingerprint density at radius 1 is 1.37 bits per heavy atom. The molecule has 0 aliphatic heterocycles. The summed E-state index contributed by atoms with van der Waals surface area (Å²) >= 11 is 5.98. The molecule has 1 N–H and O–H groups in total. The van der Waals surface area contributed by atoms with Crippen LogP contribution in [0.25, 0.3) is 0 Å². The van der Waals surface area contributed by atoms with Gasteiger partial charge in [-0.05, 0) is 37.7 Å². The molecular formula is C14H21ClN2O2. The summed E-state index contributed by atoms with van der Waals surface area (Å²) in [5.41, 5.74) is 1.62. The maximum Gasteiger partial charge on any atom is 0.411 e. The lowest BCUT2D eigenvalue weighted by Crippen LogP contribution is -2.28. The van der Waals surface area contributed by atoms with E-state index in [0.717, 1.165) is 25.2 Å². The number of hydrogen-bond donors (Lipinski definition) is 1. The van der Waals surface area contributed by atoms with Gasteiger partial charge in [0.2, 0.25) is 0 Å². The van der Waals surface area contributed by atoms with Gasteiger partial charge in [-0.1, -0.05) is 31.5 Å². The number of rotatable bonds is 6. The molecule has 0 aliphatic carbocycles. The molecule has 0 radical (unpaired) electrons. The molecule has 0 fully saturated rings. The van der Waals surface area contributed by atoms with Crippen molar-refractivity contribution in [2.24, 2.45) is 0 Å². The van der Waals surface area contributed by atoms with Crippen LogP contribution in [0.5, 0.6) is 0 Å². The Morgan fingerprint density at radius 3 is 2.63 bits per heavy atom. The second kappa shape index (κ2) is 8.02. The van der Waals surface area contributed by atoms with Gasteiger partial charge < -0.3 is 9.64 Å². The molecule has 0 saturated carbocycles. The standard InChI is InChI=1S/C14H21ClN2O2/c1-4-17(5-2)8-9-19-14(18)16-12-7-6-11(3)13(15)10-12/h6-7,10H,4-5,8-9H2,1-3H3,(H,16,18). The van der Waals surface area contributed by atoms with Gasteiger partial charge in [-0.2, -0.15) is 0 Å². The molecule has 0 aliphatic rings. The molecule has 4 nitrogen and oxygen atoms in total. The van der Waals surface area contributed by atoms with Crippen LogP contribution in [0.1, 0.15) is 19.4 Å². The molecule has 0 aromatic heterocycles. The number of anilines is 1. The van der Waals surface area contributed by atoms with Gasteiger partial charge in [0.25, 0.3) is 0 Å². The fourth-order valence-corrected chi connectivity index (χ4v) is 1.81. The average Bonchev–Trinajstić information content (AvgIpc) is 2.39. The molecule has 0 atom stereocenters. The lowest BCUT2D eigenvalue weighted by atomic mass is 10.2. The van der Waals surface area contributed by atoms with Gasteiger partial charge in [-0.25, -0.2) is 4.79 Å². The van der Waals surface area contributed by atoms with Crippen molar-refractivity contribution in [2.45, 2.75) is 20.8 Å². The first-order valence-electron chi connectivity index (χ1n) is 6.49. The number of hydrogen-bond acceptors (Lipinski definition) is 3. The lowest BCUT2D eigenvalue weighted by Gasteiger charge is -2.17. The Labute approximate surface area is 119 Å². The first-order chi connectivity index (χ1) is 9.06. The molecular weight excluding hydrogens is 264 g/mol. The molecule has 106 valence electrons. The summed E-state index contributed by atoms with van der Waals surface area (Å²) in [4.78, 5) is 13.8. The second-order valence-corrected chi connectivity index (χ2v) is 4.66. The number of aryl methyl sites for hydroxylation is 1. The predicted molar refractivity (Wildman–Crippen MR) is 78.9 cm³/mol. The Kier molecular flexibility index (Phi) is 6.67. The maximum absolute atomic E-state index is 11.6. The SMILES string of the molecule is CCN(CC)CCOC(=O)Nc1ccc(C)c(Cl)c1. The van der Waals surface area contributed by atoms with Crippen molar-refractivity contribution < 1.29 is 9.53 Å². The zero-order chi connectivity index (χ0) is 14.3. The highest BCUT2D eigenvalue weighted by atomic mass is 35.5. The van der Waals surface area contributed by atoms with Crippen LogP contribution in [-0.4, -0.2) is 37.2 Å². The van der Waals surface area contributed by atoms with Crippen LogP contribution in [0, 0.1) is 6.92 Å². The van der Waals surface area contributed by atoms with Gasteiger partial charge >= 0.3 is 6.09 Å². The topological polar surface area (TPSA) is 41.6 Å². The number of halogens is 1. The molecule has 1 aromatic carbocycles. The van der Waals surface area contributed by atoms with E-state index in [1.807, 2.05) is 13.0 Å². The van der Waals surface area contributed by atoms with Crippen LogP contribution in [0.4, 0.5) is 10.5 Å². The van der Waals surface area contributed by atoms with Crippen molar-refractivity contribution in [3.63, 3.8) is 0 Å². The third kappa shape index (κ3) is 5.49. The number of ether oxygens (including phenoxy) is 1. The minimum Gasteiger partial charge on any atom is -0.448 e. The van der Waals surface area contributed by atoms with E-state index in [1.54, 1.807) is 12.1 Å². The van der Waals surface area contributed by atoms with Gasteiger partial charge in [-0.15, -0.1) is 0 Å². The highest BCUT2D eigenvalue weighted by molar-refractivity contribution is 6.31. The van der Waals surface area contributed by atoms with Gasteiger partial charge in [-0.3, -0.25) is 5.32 Å². The van der Waals surface area contributed by atoms with E-state index in [0.29, 0.717) is 17.3 Å². The van der Waals surface area contributed by atoms with Gasteiger partial charge in [0, 0.05) is 17.3 Å². The first-order valence-corrected chi connectivity index (χ1v) is 6.86. The lowest BCUT2D eigenvalue weighted by molar-refractivity contribution is 0.142. The third-order valence-corrected chi connectivity index (χ3v) is 3.36. The smallest absolute Gasteiger partial charge is 0.411 e. The van der Waals surface area contributed by atoms with Crippen LogP contribution in [0.3, 0.4) is 0 Å². The van der Waals surface area contributed by atoms with Crippen molar-refractivity contribution in [1.82, 2.24) is 4.90 Å². The molecule has 1 rings (SSSR count). The minimum atomic E-state index is -0.452. The van der Waals surface area contributed by atoms with E-state index in [4.69, 9.17) is 16.3 Å². The van der Waals surface area contributed by atoms with Crippen molar-refractivity contribution in [2.75, 3.05) is 31.6 Å². The van der Waals surface area contributed by atoms with Crippen molar-refractivity contribution in [3.8, 4) is 0 Å². The Balaban J connectivity index is 2.36. The van der Waals surface area contributed by atoms with E-state index in [9.17, 15) is 4.79 Å². The molecule has 0 unspecified atom stereocenters. The number of benzene rings is 1. The Hall–Kier alpha value is -1.26. The quantitative estimate of drug-likeness (QED) is 0.869. The van der Waals surface area contributed by atoms with E-state index in [2.05, 4.69) is 24.1 Å². The number of carbonyl (C=O) groups excluding carboxylic acids is 1. The van der Waals surface area contributed by atoms with Crippen molar-refractivity contribution in [3.05, 3.63) is 28.8 Å². The van der Waals surface area contributed by atoms with E-state index < -0.39 is 6.09 Å². The molecule has 19 heavy (non-hydrogen) atoms. The fourth-order valence-electron chi connectivity index (χ4n) is 1.63. The van der Waals surface area contributed by atoms with E-state index in [1.165, 1.54) is 0 Å². The summed E-state index contributed by atoms with van der Waals surface area (Å²) < 4.78 is 5.12. The van der Waals surface area contributed by atoms with Crippen LogP contribution < -0.4 is 5.32 Å². The largest absolute Gasteiger partial charge is 0.448 e. The van der Waals surface area contributed by atoms with E-state index >= 15 is 0 Å². The highest BCUT2D eigenvalue weighted by Gasteiger charge is 2.06. The summed E-state index contributed by atoms with van der Waals surface area (Å²) in [6.45, 7) is 9.11. The summed E-state index contributed by atoms with van der Waals surface area (Å²) in [5, 5.41) is 3.28. The Bertz CT molecular complexity index is 420. The normalized spacial score (nSPS) is 10.6. The van der Waals surface area contributed by atoms with Gasteiger partial charge in [0.1, 0.15) is 6.61 Å². The van der Waals surface area contributed by atoms with Crippen LogP contribution in [0.15, 0.2) is 18.2 Å². The zero-order valence-corrected chi connectivity index (χ0v) is 12.5. The number of nitrogens with one attached hydrogen (secondary N) is 1. The molecule has 5 heteroatoms. The van der Waals surface area contributed by atoms with Crippen LogP contribution in [-0.2, 0) is 4.74 Å². The van der Waals surface area contributed by atoms with E-state index in [-0.39, 0.29) is 0 Å². The number of nitrogens with zero attached hydrogens (tertiary/aromatic N) is 1. The third-order valence-electron chi connectivity index (χ3n) is 2.95. The minimum absolute atomic E-state index is 0.382. The van der Waals surface area contributed by atoms with Gasteiger partial charge in [0.05, 0.1) is 0 Å². The molecule has 0 heterocycles. The number of amides is 1. The monoisotopic (exact) mass is 284 g/mol. The molecule has 0 bridgehead atoms. The fraction of sp³-hybridized carbons (Fsp3) is 0.500. The second-order valence-electron chi connectivity index (χ2n) is 4.25. The zero-order valence-electron chi connectivity index (χ0n) is 11.7. The average molecular weight is 285 g/mol. The molecule has 1 aromatic rings. The van der Waals surface area contributed by atoms with Crippen LogP contribution >= 0.6 is 11.6 Å². The molecule has 0 spiro atoms. The van der Waals surface area contributed by atoms with Crippen molar-refractivity contribution >= 4 is 23.4 Å². The summed E-state index contributed by atoms with van der Waals surface area (Å²) in [7, 11) is 0. The molecule has 0 saturated heterocycles. The van der Waals surface area contributed by atoms with Gasteiger partial charge in [0.15, 0.2) is 0 Å². The predicted octanol–water partition coefficient (Wildman–Crippen LogP) is 3.54. The number of carbonyl (C=O) groups is 1. The summed E-state index contributed by atoms with van der Waals surface area (Å²) in [6.07, 6.45) is -0.452. The van der Waals surface area contributed by atoms with Crippen LogP contribution in [0.2, 0.25) is 5.02 Å².